The van der Waals surface area contributed by atoms with Gasteiger partial charge in [0.1, 0.15) is 5.58 Å². The van der Waals surface area contributed by atoms with Gasteiger partial charge in [0.15, 0.2) is 16.9 Å². The summed E-state index contributed by atoms with van der Waals surface area (Å²) in [6, 6.07) is 8.24. The van der Waals surface area contributed by atoms with E-state index in [2.05, 4.69) is 0 Å². The fraction of sp³-hybridized carbons (Fsp3) is 0.407. The summed E-state index contributed by atoms with van der Waals surface area (Å²) in [6.45, 7) is 6.71. The molecular formula is C27H31NO7. The van der Waals surface area contributed by atoms with Crippen molar-refractivity contribution in [2.75, 3.05) is 34.5 Å². The monoisotopic (exact) mass is 481 g/mol. The highest BCUT2D eigenvalue weighted by Crippen LogP contribution is 2.45. The molecule has 4 rings (SSSR count). The van der Waals surface area contributed by atoms with Gasteiger partial charge in [0.05, 0.1) is 44.4 Å². The fourth-order valence-electron chi connectivity index (χ4n) is 4.52. The second-order valence-corrected chi connectivity index (χ2v) is 8.81. The van der Waals surface area contributed by atoms with Gasteiger partial charge in [0.2, 0.25) is 11.5 Å². The molecule has 0 N–H and O–H groups in total. The van der Waals surface area contributed by atoms with E-state index in [1.165, 1.54) is 21.3 Å². The Bertz CT molecular complexity index is 1290. The van der Waals surface area contributed by atoms with E-state index >= 15 is 0 Å². The van der Waals surface area contributed by atoms with Gasteiger partial charge in [-0.25, -0.2) is 0 Å². The zero-order chi connectivity index (χ0) is 25.3. The molecule has 0 bridgehead atoms. The molecule has 3 aromatic rings. The molecule has 0 unspecified atom stereocenters. The normalized spacial score (nSPS) is 15.1. The Morgan fingerprint density at radius 1 is 1.00 bits per heavy atom. The van der Waals surface area contributed by atoms with E-state index in [4.69, 9.17) is 23.4 Å². The molecule has 0 saturated carbocycles. The summed E-state index contributed by atoms with van der Waals surface area (Å²) in [7, 11) is 4.58. The SMILES string of the molecule is COc1cc([C@@H]2c3c(oc4ccc(C)cc4c3=O)C(=O)N2CCCOC(C)C)cc(OC)c1OC. The first-order valence-electron chi connectivity index (χ1n) is 11.6. The number of carbonyl (C=O) groups is 1. The average molecular weight is 482 g/mol. The molecule has 1 atom stereocenters. The van der Waals surface area contributed by atoms with Crippen LogP contribution < -0.4 is 19.6 Å². The minimum absolute atomic E-state index is 0.0647. The highest BCUT2D eigenvalue weighted by atomic mass is 16.5. The molecule has 0 fully saturated rings. The maximum atomic E-state index is 13.7. The molecule has 0 saturated heterocycles. The molecule has 1 aromatic heterocycles. The first-order valence-corrected chi connectivity index (χ1v) is 11.6. The quantitative estimate of drug-likeness (QED) is 0.416. The predicted octanol–water partition coefficient (Wildman–Crippen LogP) is 4.49. The van der Waals surface area contributed by atoms with Crippen LogP contribution in [0.3, 0.4) is 0 Å². The van der Waals surface area contributed by atoms with Crippen LogP contribution in [-0.4, -0.2) is 51.4 Å². The number of ether oxygens (including phenoxy) is 4. The highest BCUT2D eigenvalue weighted by molar-refractivity contribution is 5.99. The van der Waals surface area contributed by atoms with Crippen molar-refractivity contribution in [3.05, 3.63) is 63.0 Å². The summed E-state index contributed by atoms with van der Waals surface area (Å²) in [5.74, 6) is 1.04. The summed E-state index contributed by atoms with van der Waals surface area (Å²) < 4.78 is 28.2. The van der Waals surface area contributed by atoms with Gasteiger partial charge in [-0.3, -0.25) is 9.59 Å². The van der Waals surface area contributed by atoms with Crippen molar-refractivity contribution in [3.63, 3.8) is 0 Å². The topological polar surface area (TPSA) is 87.4 Å². The maximum absolute atomic E-state index is 13.7. The molecule has 2 aromatic carbocycles. The van der Waals surface area contributed by atoms with Gasteiger partial charge in [0.25, 0.3) is 5.91 Å². The molecule has 1 amide bonds. The van der Waals surface area contributed by atoms with Crippen LogP contribution in [0.1, 0.15) is 53.6 Å². The molecule has 1 aliphatic heterocycles. The lowest BCUT2D eigenvalue weighted by atomic mass is 9.97. The summed E-state index contributed by atoms with van der Waals surface area (Å²) in [5.41, 5.74) is 2.07. The van der Waals surface area contributed by atoms with Crippen LogP contribution in [0.15, 0.2) is 39.5 Å². The lowest BCUT2D eigenvalue weighted by Crippen LogP contribution is -2.31. The molecule has 186 valence electrons. The van der Waals surface area contributed by atoms with Crippen molar-refractivity contribution in [1.29, 1.82) is 0 Å². The minimum atomic E-state index is -0.675. The number of nitrogens with zero attached hydrogens (tertiary/aromatic N) is 1. The Balaban J connectivity index is 1.90. The smallest absolute Gasteiger partial charge is 0.290 e. The van der Waals surface area contributed by atoms with Gasteiger partial charge >= 0.3 is 0 Å². The Labute approximate surface area is 204 Å². The number of fused-ring (bicyclic) bond motifs is 2. The zero-order valence-electron chi connectivity index (χ0n) is 21.0. The number of rotatable bonds is 9. The van der Waals surface area contributed by atoms with Crippen LogP contribution in [-0.2, 0) is 4.74 Å². The molecule has 0 aliphatic carbocycles. The van der Waals surface area contributed by atoms with Crippen molar-refractivity contribution < 1.29 is 28.2 Å². The lowest BCUT2D eigenvalue weighted by Gasteiger charge is -2.26. The zero-order valence-corrected chi connectivity index (χ0v) is 21.0. The molecule has 2 heterocycles. The van der Waals surface area contributed by atoms with E-state index in [1.807, 2.05) is 26.8 Å². The van der Waals surface area contributed by atoms with Crippen LogP contribution in [0.2, 0.25) is 0 Å². The average Bonchev–Trinajstić information content (AvgIpc) is 3.12. The molecule has 8 nitrogen and oxygen atoms in total. The van der Waals surface area contributed by atoms with Gasteiger partial charge in [-0.05, 0) is 57.0 Å². The predicted molar refractivity (Wildman–Crippen MR) is 132 cm³/mol. The van der Waals surface area contributed by atoms with E-state index in [9.17, 15) is 9.59 Å². The Morgan fingerprint density at radius 3 is 2.29 bits per heavy atom. The van der Waals surface area contributed by atoms with Gasteiger partial charge in [-0.2, -0.15) is 0 Å². The highest BCUT2D eigenvalue weighted by Gasteiger charge is 2.43. The number of methoxy groups -OCH3 is 3. The Hall–Kier alpha value is -3.52. The van der Waals surface area contributed by atoms with Crippen LogP contribution in [0.25, 0.3) is 11.0 Å². The second-order valence-electron chi connectivity index (χ2n) is 8.81. The van der Waals surface area contributed by atoms with Gasteiger partial charge < -0.3 is 28.3 Å². The van der Waals surface area contributed by atoms with Crippen molar-refractivity contribution in [3.8, 4) is 17.2 Å². The Morgan fingerprint density at radius 2 is 1.69 bits per heavy atom. The number of carbonyl (C=O) groups excluding carboxylic acids is 1. The number of amides is 1. The van der Waals surface area contributed by atoms with Crippen molar-refractivity contribution in [2.45, 2.75) is 39.3 Å². The molecule has 0 spiro atoms. The van der Waals surface area contributed by atoms with E-state index < -0.39 is 6.04 Å². The van der Waals surface area contributed by atoms with Gasteiger partial charge in [-0.1, -0.05) is 11.6 Å². The van der Waals surface area contributed by atoms with E-state index in [-0.39, 0.29) is 23.2 Å². The van der Waals surface area contributed by atoms with E-state index in [1.54, 1.807) is 29.2 Å². The maximum Gasteiger partial charge on any atom is 0.290 e. The standard InChI is InChI=1S/C27H31NO7/c1-15(2)34-11-7-10-28-23(17-13-20(31-4)25(33-6)21(14-17)32-5)22-24(29)18-12-16(3)8-9-19(18)35-26(22)27(28)30/h8-9,12-15,23H,7,10-11H2,1-6H3/t23-/m1/s1. The minimum Gasteiger partial charge on any atom is -0.493 e. The molecule has 0 radical (unpaired) electrons. The number of aryl methyl sites for hydroxylation is 1. The fourth-order valence-corrected chi connectivity index (χ4v) is 4.52. The number of hydrogen-bond donors (Lipinski definition) is 0. The first-order chi connectivity index (χ1) is 16.8. The molecule has 35 heavy (non-hydrogen) atoms. The summed E-state index contributed by atoms with van der Waals surface area (Å²) in [5, 5.41) is 0.444. The summed E-state index contributed by atoms with van der Waals surface area (Å²) >= 11 is 0. The van der Waals surface area contributed by atoms with Crippen LogP contribution >= 0.6 is 0 Å². The second kappa shape index (κ2) is 10.00. The van der Waals surface area contributed by atoms with Crippen molar-refractivity contribution in [1.82, 2.24) is 4.90 Å². The third kappa shape index (κ3) is 4.46. The molecular weight excluding hydrogens is 450 g/mol. The van der Waals surface area contributed by atoms with E-state index in [0.29, 0.717) is 58.9 Å². The van der Waals surface area contributed by atoms with Gasteiger partial charge in [0, 0.05) is 13.2 Å². The first kappa shape index (κ1) is 24.6. The largest absolute Gasteiger partial charge is 0.493 e. The van der Waals surface area contributed by atoms with Crippen molar-refractivity contribution in [2.24, 2.45) is 0 Å². The summed E-state index contributed by atoms with van der Waals surface area (Å²) in [6.07, 6.45) is 0.690. The molecule has 8 heteroatoms. The number of hydrogen-bond acceptors (Lipinski definition) is 7. The summed E-state index contributed by atoms with van der Waals surface area (Å²) in [4.78, 5) is 29.0. The van der Waals surface area contributed by atoms with Crippen LogP contribution in [0.4, 0.5) is 0 Å². The lowest BCUT2D eigenvalue weighted by molar-refractivity contribution is 0.0593. The van der Waals surface area contributed by atoms with Crippen molar-refractivity contribution >= 4 is 16.9 Å². The van der Waals surface area contributed by atoms with Crippen LogP contribution in [0, 0.1) is 6.92 Å². The van der Waals surface area contributed by atoms with Crippen LogP contribution in [0.5, 0.6) is 17.2 Å². The molecule has 1 aliphatic rings. The van der Waals surface area contributed by atoms with Gasteiger partial charge in [-0.15, -0.1) is 0 Å². The third-order valence-corrected chi connectivity index (χ3v) is 6.12. The number of benzene rings is 2. The third-order valence-electron chi connectivity index (χ3n) is 6.12. The van der Waals surface area contributed by atoms with E-state index in [0.717, 1.165) is 5.56 Å². The Kier molecular flexibility index (Phi) is 7.03.